The number of nitrogens with zero attached hydrogens (tertiary/aromatic N) is 4. The third kappa shape index (κ3) is 4.88. The summed E-state index contributed by atoms with van der Waals surface area (Å²) in [7, 11) is 0. The molecule has 1 N–H and O–H groups in total. The van der Waals surface area contributed by atoms with Crippen LogP contribution in [-0.4, -0.2) is 33.0 Å². The summed E-state index contributed by atoms with van der Waals surface area (Å²) in [6.45, 7) is 0.345. The number of para-hydroxylation sites is 1. The molecular formula is C19H16ClN5OS. The first-order chi connectivity index (χ1) is 13.2. The van der Waals surface area contributed by atoms with Gasteiger partial charge in [0.2, 0.25) is 5.91 Å². The average molecular weight is 398 g/mol. The second-order valence-corrected chi connectivity index (χ2v) is 6.91. The fourth-order valence-electron chi connectivity index (χ4n) is 2.40. The van der Waals surface area contributed by atoms with Crippen molar-refractivity contribution in [3.05, 3.63) is 59.6 Å². The molecule has 1 aromatic heterocycles. The van der Waals surface area contributed by atoms with Gasteiger partial charge in [-0.15, -0.1) is 10.2 Å². The molecule has 27 heavy (non-hydrogen) atoms. The number of aromatic nitrogens is 3. The summed E-state index contributed by atoms with van der Waals surface area (Å²) in [6, 6.07) is 19.1. The Morgan fingerprint density at radius 2 is 1.89 bits per heavy atom. The van der Waals surface area contributed by atoms with Crippen LogP contribution in [0.25, 0.3) is 17.1 Å². The molecule has 6 nitrogen and oxygen atoms in total. The number of carbonyl (C=O) groups excluding carboxylic acids is 1. The summed E-state index contributed by atoms with van der Waals surface area (Å²) in [5.74, 6) is 0.716. The first-order valence-corrected chi connectivity index (χ1v) is 9.58. The second-order valence-electron chi connectivity index (χ2n) is 5.53. The first kappa shape index (κ1) is 19.0. The SMILES string of the molecule is N#CCCNC(=O)CSc1nnc(-c2ccc(Cl)cc2)n1-c1ccccc1. The van der Waals surface area contributed by atoms with Gasteiger partial charge < -0.3 is 5.32 Å². The Kier molecular flexibility index (Phi) is 6.47. The van der Waals surface area contributed by atoms with Gasteiger partial charge in [-0.3, -0.25) is 9.36 Å². The highest BCUT2D eigenvalue weighted by Crippen LogP contribution is 2.28. The zero-order chi connectivity index (χ0) is 19.1. The normalized spacial score (nSPS) is 10.4. The lowest BCUT2D eigenvalue weighted by atomic mass is 10.2. The Morgan fingerprint density at radius 1 is 1.15 bits per heavy atom. The lowest BCUT2D eigenvalue weighted by molar-refractivity contribution is -0.118. The van der Waals surface area contributed by atoms with Crippen LogP contribution in [-0.2, 0) is 4.79 Å². The molecular weight excluding hydrogens is 382 g/mol. The predicted octanol–water partition coefficient (Wildman–Crippen LogP) is 3.71. The third-order valence-corrected chi connectivity index (χ3v) is 4.82. The summed E-state index contributed by atoms with van der Waals surface area (Å²) < 4.78 is 1.91. The first-order valence-electron chi connectivity index (χ1n) is 8.22. The van der Waals surface area contributed by atoms with Gasteiger partial charge in [0.1, 0.15) is 0 Å². The van der Waals surface area contributed by atoms with E-state index in [1.54, 1.807) is 12.1 Å². The van der Waals surface area contributed by atoms with Crippen molar-refractivity contribution in [1.29, 1.82) is 5.26 Å². The van der Waals surface area contributed by atoms with Gasteiger partial charge in [-0.05, 0) is 36.4 Å². The van der Waals surface area contributed by atoms with E-state index in [1.165, 1.54) is 11.8 Å². The van der Waals surface area contributed by atoms with E-state index in [0.29, 0.717) is 22.5 Å². The van der Waals surface area contributed by atoms with Crippen LogP contribution in [0.2, 0.25) is 5.02 Å². The van der Waals surface area contributed by atoms with Crippen molar-refractivity contribution >= 4 is 29.3 Å². The van der Waals surface area contributed by atoms with Crippen molar-refractivity contribution < 1.29 is 4.79 Å². The largest absolute Gasteiger partial charge is 0.354 e. The summed E-state index contributed by atoms with van der Waals surface area (Å²) >= 11 is 7.28. The maximum atomic E-state index is 11.9. The predicted molar refractivity (Wildman–Crippen MR) is 106 cm³/mol. The Balaban J connectivity index is 1.87. The van der Waals surface area contributed by atoms with Crippen molar-refractivity contribution in [2.45, 2.75) is 11.6 Å². The third-order valence-electron chi connectivity index (χ3n) is 3.64. The van der Waals surface area contributed by atoms with Crippen molar-refractivity contribution in [3.63, 3.8) is 0 Å². The summed E-state index contributed by atoms with van der Waals surface area (Å²) in [5.41, 5.74) is 1.78. The van der Waals surface area contributed by atoms with E-state index in [-0.39, 0.29) is 18.1 Å². The second kappa shape index (κ2) is 9.21. The fourth-order valence-corrected chi connectivity index (χ4v) is 3.31. The van der Waals surface area contributed by atoms with Crippen LogP contribution in [0.3, 0.4) is 0 Å². The molecule has 8 heteroatoms. The van der Waals surface area contributed by atoms with Gasteiger partial charge in [-0.25, -0.2) is 0 Å². The van der Waals surface area contributed by atoms with E-state index in [2.05, 4.69) is 15.5 Å². The van der Waals surface area contributed by atoms with Gasteiger partial charge in [0.15, 0.2) is 11.0 Å². The van der Waals surface area contributed by atoms with Crippen LogP contribution in [0, 0.1) is 11.3 Å². The molecule has 0 radical (unpaired) electrons. The average Bonchev–Trinajstić information content (AvgIpc) is 3.12. The number of halogens is 1. The van der Waals surface area contributed by atoms with E-state index < -0.39 is 0 Å². The molecule has 1 amide bonds. The van der Waals surface area contributed by atoms with Crippen LogP contribution in [0.15, 0.2) is 59.8 Å². The minimum absolute atomic E-state index is 0.147. The molecule has 0 saturated heterocycles. The van der Waals surface area contributed by atoms with Gasteiger partial charge in [0, 0.05) is 22.8 Å². The molecule has 0 atom stereocenters. The maximum Gasteiger partial charge on any atom is 0.230 e. The van der Waals surface area contributed by atoms with E-state index in [1.807, 2.05) is 53.1 Å². The summed E-state index contributed by atoms with van der Waals surface area (Å²) in [4.78, 5) is 11.9. The minimum atomic E-state index is -0.147. The lowest BCUT2D eigenvalue weighted by Crippen LogP contribution is -2.26. The van der Waals surface area contributed by atoms with E-state index in [9.17, 15) is 4.79 Å². The van der Waals surface area contributed by atoms with Gasteiger partial charge in [0.05, 0.1) is 18.2 Å². The number of hydrogen-bond donors (Lipinski definition) is 1. The van der Waals surface area contributed by atoms with Gasteiger partial charge >= 0.3 is 0 Å². The topological polar surface area (TPSA) is 83.6 Å². The number of rotatable bonds is 7. The zero-order valence-corrected chi connectivity index (χ0v) is 15.9. The number of carbonyl (C=O) groups is 1. The van der Waals surface area contributed by atoms with Crippen LogP contribution in [0.5, 0.6) is 0 Å². The molecule has 2 aromatic carbocycles. The Morgan fingerprint density at radius 3 is 2.59 bits per heavy atom. The molecule has 0 fully saturated rings. The number of hydrogen-bond acceptors (Lipinski definition) is 5. The number of amides is 1. The molecule has 0 unspecified atom stereocenters. The highest BCUT2D eigenvalue weighted by Gasteiger charge is 2.17. The molecule has 0 aliphatic rings. The molecule has 0 aliphatic heterocycles. The van der Waals surface area contributed by atoms with E-state index >= 15 is 0 Å². The van der Waals surface area contributed by atoms with Crippen molar-refractivity contribution in [2.24, 2.45) is 0 Å². The van der Waals surface area contributed by atoms with Gasteiger partial charge in [-0.1, -0.05) is 41.6 Å². The molecule has 1 heterocycles. The Hall–Kier alpha value is -2.82. The molecule has 0 bridgehead atoms. The van der Waals surface area contributed by atoms with Gasteiger partial charge in [0.25, 0.3) is 0 Å². The van der Waals surface area contributed by atoms with E-state index in [4.69, 9.17) is 16.9 Å². The molecule has 0 saturated carbocycles. The van der Waals surface area contributed by atoms with E-state index in [0.717, 1.165) is 11.3 Å². The van der Waals surface area contributed by atoms with Crippen LogP contribution in [0.4, 0.5) is 0 Å². The van der Waals surface area contributed by atoms with Crippen LogP contribution >= 0.6 is 23.4 Å². The Labute approximate surface area is 166 Å². The molecule has 3 aromatic rings. The summed E-state index contributed by atoms with van der Waals surface area (Å²) in [5, 5.41) is 21.1. The summed E-state index contributed by atoms with van der Waals surface area (Å²) in [6.07, 6.45) is 0.289. The molecule has 0 spiro atoms. The van der Waals surface area contributed by atoms with Gasteiger partial charge in [-0.2, -0.15) is 5.26 Å². The fraction of sp³-hybridized carbons (Fsp3) is 0.158. The van der Waals surface area contributed by atoms with Crippen molar-refractivity contribution in [3.8, 4) is 23.1 Å². The smallest absolute Gasteiger partial charge is 0.230 e. The van der Waals surface area contributed by atoms with Crippen LogP contribution < -0.4 is 5.32 Å². The maximum absolute atomic E-state index is 11.9. The standard InChI is InChI=1S/C19H16ClN5OS/c20-15-9-7-14(8-10-15)18-23-24-19(25(18)16-5-2-1-3-6-16)27-13-17(26)22-12-4-11-21/h1-3,5-10H,4,12-13H2,(H,22,26). The van der Waals surface area contributed by atoms with Crippen molar-refractivity contribution in [1.82, 2.24) is 20.1 Å². The van der Waals surface area contributed by atoms with Crippen LogP contribution in [0.1, 0.15) is 6.42 Å². The monoisotopic (exact) mass is 397 g/mol. The quantitative estimate of drug-likeness (QED) is 0.485. The molecule has 3 rings (SSSR count). The zero-order valence-electron chi connectivity index (χ0n) is 14.3. The molecule has 0 aliphatic carbocycles. The molecule has 136 valence electrons. The number of nitrogens with one attached hydrogen (secondary N) is 1. The Bertz CT molecular complexity index is 950. The highest BCUT2D eigenvalue weighted by molar-refractivity contribution is 7.99. The minimum Gasteiger partial charge on any atom is -0.354 e. The highest BCUT2D eigenvalue weighted by atomic mass is 35.5. The van der Waals surface area contributed by atoms with Crippen molar-refractivity contribution in [2.75, 3.05) is 12.3 Å². The number of benzene rings is 2. The lowest BCUT2D eigenvalue weighted by Gasteiger charge is -2.10. The number of nitriles is 1. The number of thioether (sulfide) groups is 1.